The van der Waals surface area contributed by atoms with Gasteiger partial charge in [0.25, 0.3) is 0 Å². The molecule has 0 aliphatic carbocycles. The van der Waals surface area contributed by atoms with E-state index in [-0.39, 0.29) is 24.3 Å². The zero-order valence-corrected chi connectivity index (χ0v) is 12.1. The van der Waals surface area contributed by atoms with Crippen molar-refractivity contribution in [1.82, 2.24) is 10.2 Å². The molecule has 1 N–H and O–H groups in total. The van der Waals surface area contributed by atoms with E-state index in [9.17, 15) is 13.8 Å². The van der Waals surface area contributed by atoms with Crippen LogP contribution in [0.25, 0.3) is 0 Å². The van der Waals surface area contributed by atoms with E-state index in [0.29, 0.717) is 18.1 Å². The Hall–Kier alpha value is -0.750. The average Bonchev–Trinajstić information content (AvgIpc) is 2.63. The third kappa shape index (κ3) is 3.62. The number of rotatable bonds is 7. The molecule has 104 valence electrons. The van der Waals surface area contributed by atoms with Gasteiger partial charge in [0.1, 0.15) is 0 Å². The summed E-state index contributed by atoms with van der Waals surface area (Å²) < 4.78 is 11.3. The highest BCUT2D eigenvalue weighted by atomic mass is 32.2. The Kier molecular flexibility index (Phi) is 5.95. The second kappa shape index (κ2) is 6.99. The summed E-state index contributed by atoms with van der Waals surface area (Å²) in [5, 5.41) is 3.03. The number of likely N-dealkylation sites (tertiary alicyclic amines) is 1. The molecule has 1 rings (SSSR count). The van der Waals surface area contributed by atoms with Gasteiger partial charge in [0.15, 0.2) is 0 Å². The van der Waals surface area contributed by atoms with Gasteiger partial charge in [-0.3, -0.25) is 18.7 Å². The van der Waals surface area contributed by atoms with Gasteiger partial charge in [0.2, 0.25) is 11.8 Å². The lowest BCUT2D eigenvalue weighted by atomic mass is 10.2. The minimum Gasteiger partial charge on any atom is -0.305 e. The van der Waals surface area contributed by atoms with Crippen LogP contribution >= 0.6 is 0 Å². The molecule has 0 radical (unpaired) electrons. The number of carbonyl (C=O) groups is 2. The molecule has 3 unspecified atom stereocenters. The number of hydrogen-bond acceptors (Lipinski definition) is 4. The van der Waals surface area contributed by atoms with E-state index in [1.54, 1.807) is 0 Å². The van der Waals surface area contributed by atoms with E-state index in [2.05, 4.69) is 5.32 Å². The molecule has 0 spiro atoms. The van der Waals surface area contributed by atoms with Crippen molar-refractivity contribution < 1.29 is 13.8 Å². The SMILES string of the molecule is CCC(C)N1C(=O)CC(NCCS(=O)CC)C1=O. The predicted octanol–water partition coefficient (Wildman–Crippen LogP) is 0.271. The highest BCUT2D eigenvalue weighted by Crippen LogP contribution is 2.17. The minimum absolute atomic E-state index is 0.0402. The largest absolute Gasteiger partial charge is 0.305 e. The first-order valence-electron chi connectivity index (χ1n) is 6.45. The Balaban J connectivity index is 2.48. The predicted molar refractivity (Wildman–Crippen MR) is 71.6 cm³/mol. The van der Waals surface area contributed by atoms with Crippen LogP contribution in [-0.4, -0.2) is 51.1 Å². The topological polar surface area (TPSA) is 66.5 Å². The quantitative estimate of drug-likeness (QED) is 0.677. The summed E-state index contributed by atoms with van der Waals surface area (Å²) in [5.41, 5.74) is 0. The lowest BCUT2D eigenvalue weighted by Gasteiger charge is -2.21. The first kappa shape index (κ1) is 15.3. The van der Waals surface area contributed by atoms with Gasteiger partial charge in [-0.2, -0.15) is 0 Å². The van der Waals surface area contributed by atoms with Crippen molar-refractivity contribution >= 4 is 22.6 Å². The third-order valence-corrected chi connectivity index (χ3v) is 4.56. The molecule has 1 aliphatic rings. The zero-order chi connectivity index (χ0) is 13.7. The van der Waals surface area contributed by atoms with Crippen LogP contribution in [0.2, 0.25) is 0 Å². The van der Waals surface area contributed by atoms with Gasteiger partial charge in [-0.15, -0.1) is 0 Å². The number of imide groups is 1. The molecule has 2 amide bonds. The van der Waals surface area contributed by atoms with Crippen LogP contribution in [0.1, 0.15) is 33.6 Å². The lowest BCUT2D eigenvalue weighted by molar-refractivity contribution is -0.141. The van der Waals surface area contributed by atoms with E-state index in [1.807, 2.05) is 20.8 Å². The van der Waals surface area contributed by atoms with Crippen LogP contribution in [-0.2, 0) is 20.4 Å². The van der Waals surface area contributed by atoms with Gasteiger partial charge >= 0.3 is 0 Å². The molecule has 1 saturated heterocycles. The molecule has 1 fully saturated rings. The van der Waals surface area contributed by atoms with Crippen molar-refractivity contribution in [3.63, 3.8) is 0 Å². The summed E-state index contributed by atoms with van der Waals surface area (Å²) in [4.78, 5) is 25.1. The summed E-state index contributed by atoms with van der Waals surface area (Å²) in [6, 6.07) is -0.470. The monoisotopic (exact) mass is 274 g/mol. The molecule has 0 aromatic heterocycles. The summed E-state index contributed by atoms with van der Waals surface area (Å²) >= 11 is 0. The molecular weight excluding hydrogens is 252 g/mol. The smallest absolute Gasteiger partial charge is 0.247 e. The highest BCUT2D eigenvalue weighted by Gasteiger charge is 2.40. The minimum atomic E-state index is -0.838. The van der Waals surface area contributed by atoms with E-state index < -0.39 is 16.8 Å². The Morgan fingerprint density at radius 2 is 2.11 bits per heavy atom. The van der Waals surface area contributed by atoms with Gasteiger partial charge in [0.05, 0.1) is 12.5 Å². The fourth-order valence-corrected chi connectivity index (χ4v) is 2.58. The summed E-state index contributed by atoms with van der Waals surface area (Å²) in [6.07, 6.45) is 0.992. The maximum absolute atomic E-state index is 12.0. The molecule has 1 aliphatic heterocycles. The average molecular weight is 274 g/mol. The van der Waals surface area contributed by atoms with Crippen LogP contribution in [0.3, 0.4) is 0 Å². The van der Waals surface area contributed by atoms with Crippen molar-refractivity contribution in [1.29, 1.82) is 0 Å². The van der Waals surface area contributed by atoms with Gasteiger partial charge in [-0.05, 0) is 13.3 Å². The van der Waals surface area contributed by atoms with Crippen molar-refractivity contribution in [3.05, 3.63) is 0 Å². The number of hydrogen-bond donors (Lipinski definition) is 1. The van der Waals surface area contributed by atoms with Gasteiger partial charge in [0, 0.05) is 34.9 Å². The van der Waals surface area contributed by atoms with Crippen LogP contribution in [0.5, 0.6) is 0 Å². The number of amides is 2. The van der Waals surface area contributed by atoms with Crippen molar-refractivity contribution in [2.75, 3.05) is 18.1 Å². The lowest BCUT2D eigenvalue weighted by Crippen LogP contribution is -2.43. The standard InChI is InChI=1S/C12H22N2O3S/c1-4-9(3)14-11(15)8-10(12(14)16)13-6-7-18(17)5-2/h9-10,13H,4-8H2,1-3H3. The molecule has 0 bridgehead atoms. The highest BCUT2D eigenvalue weighted by molar-refractivity contribution is 7.84. The summed E-state index contributed by atoms with van der Waals surface area (Å²) in [5.74, 6) is 0.899. The zero-order valence-electron chi connectivity index (χ0n) is 11.3. The van der Waals surface area contributed by atoms with Gasteiger partial charge in [-0.25, -0.2) is 0 Å². The number of nitrogens with one attached hydrogen (secondary N) is 1. The molecule has 5 nitrogen and oxygen atoms in total. The molecule has 1 heterocycles. The molecule has 0 aromatic carbocycles. The van der Waals surface area contributed by atoms with Crippen molar-refractivity contribution in [3.8, 4) is 0 Å². The second-order valence-electron chi connectivity index (χ2n) is 4.50. The van der Waals surface area contributed by atoms with E-state index in [1.165, 1.54) is 4.90 Å². The number of nitrogens with zero attached hydrogens (tertiary/aromatic N) is 1. The van der Waals surface area contributed by atoms with Crippen molar-refractivity contribution in [2.45, 2.75) is 45.7 Å². The third-order valence-electron chi connectivity index (χ3n) is 3.26. The van der Waals surface area contributed by atoms with E-state index in [0.717, 1.165) is 6.42 Å². The number of carbonyl (C=O) groups excluding carboxylic acids is 2. The fourth-order valence-electron chi connectivity index (χ4n) is 1.95. The molecule has 0 saturated carbocycles. The second-order valence-corrected chi connectivity index (χ2v) is 6.37. The molecule has 6 heteroatoms. The Labute approximate surface area is 111 Å². The molecular formula is C12H22N2O3S. The maximum Gasteiger partial charge on any atom is 0.247 e. The van der Waals surface area contributed by atoms with Gasteiger partial charge in [-0.1, -0.05) is 13.8 Å². The van der Waals surface area contributed by atoms with Crippen molar-refractivity contribution in [2.24, 2.45) is 0 Å². The molecule has 0 aromatic rings. The van der Waals surface area contributed by atoms with Crippen LogP contribution < -0.4 is 5.32 Å². The normalized spacial score (nSPS) is 23.5. The van der Waals surface area contributed by atoms with Gasteiger partial charge < -0.3 is 5.32 Å². The first-order chi connectivity index (χ1) is 8.51. The summed E-state index contributed by atoms with van der Waals surface area (Å²) in [7, 11) is -0.838. The molecule has 18 heavy (non-hydrogen) atoms. The Morgan fingerprint density at radius 3 is 2.67 bits per heavy atom. The van der Waals surface area contributed by atoms with Crippen LogP contribution in [0.15, 0.2) is 0 Å². The first-order valence-corrected chi connectivity index (χ1v) is 7.94. The summed E-state index contributed by atoms with van der Waals surface area (Å²) in [6.45, 7) is 6.21. The van der Waals surface area contributed by atoms with Crippen LogP contribution in [0, 0.1) is 0 Å². The fraction of sp³-hybridized carbons (Fsp3) is 0.833. The van der Waals surface area contributed by atoms with E-state index >= 15 is 0 Å². The maximum atomic E-state index is 12.0. The Bertz CT molecular complexity index is 346. The Morgan fingerprint density at radius 1 is 1.44 bits per heavy atom. The van der Waals surface area contributed by atoms with Crippen LogP contribution in [0.4, 0.5) is 0 Å². The molecule has 3 atom stereocenters. The van der Waals surface area contributed by atoms with E-state index in [4.69, 9.17) is 0 Å².